The van der Waals surface area contributed by atoms with Gasteiger partial charge in [0.25, 0.3) is 0 Å². The van der Waals surface area contributed by atoms with E-state index < -0.39 is 0 Å². The lowest BCUT2D eigenvalue weighted by Gasteiger charge is -2.34. The third-order valence-corrected chi connectivity index (χ3v) is 5.27. The lowest BCUT2D eigenvalue weighted by Crippen LogP contribution is -2.45. The molecule has 1 aromatic rings. The van der Waals surface area contributed by atoms with E-state index in [2.05, 4.69) is 36.3 Å². The lowest BCUT2D eigenvalue weighted by atomic mass is 9.97. The Morgan fingerprint density at radius 1 is 1.13 bits per heavy atom. The molecule has 7 nitrogen and oxygen atoms in total. The first-order valence-corrected chi connectivity index (χ1v) is 11.0. The van der Waals surface area contributed by atoms with Crippen LogP contribution in [0.3, 0.4) is 0 Å². The van der Waals surface area contributed by atoms with Gasteiger partial charge in [-0.2, -0.15) is 0 Å². The Balaban J connectivity index is 0.00000480. The Morgan fingerprint density at radius 2 is 1.81 bits per heavy atom. The van der Waals surface area contributed by atoms with E-state index in [0.29, 0.717) is 35.6 Å². The maximum Gasteiger partial charge on any atom is 0.203 e. The molecule has 1 unspecified atom stereocenters. The number of guanidine groups is 1. The maximum atomic E-state index is 5.45. The van der Waals surface area contributed by atoms with E-state index in [1.807, 2.05) is 12.1 Å². The molecule has 0 amide bonds. The van der Waals surface area contributed by atoms with Crippen molar-refractivity contribution in [2.75, 3.05) is 54.1 Å². The number of ether oxygens (including phenoxy) is 3. The molecule has 8 heteroatoms. The minimum absolute atomic E-state index is 0. The molecule has 1 heterocycles. The van der Waals surface area contributed by atoms with Crippen LogP contribution >= 0.6 is 24.0 Å². The molecule has 2 N–H and O–H groups in total. The van der Waals surface area contributed by atoms with Gasteiger partial charge in [-0.15, -0.1) is 24.0 Å². The van der Waals surface area contributed by atoms with Crippen molar-refractivity contribution in [1.82, 2.24) is 15.5 Å². The first-order valence-electron chi connectivity index (χ1n) is 11.0. The van der Waals surface area contributed by atoms with E-state index >= 15 is 0 Å². The minimum atomic E-state index is 0. The molecular formula is C23H41IN4O3. The summed E-state index contributed by atoms with van der Waals surface area (Å²) >= 11 is 0. The van der Waals surface area contributed by atoms with Crippen LogP contribution in [0.1, 0.15) is 39.2 Å². The number of hydrogen-bond donors (Lipinski definition) is 2. The van der Waals surface area contributed by atoms with Crippen LogP contribution in [-0.2, 0) is 6.54 Å². The second kappa shape index (κ2) is 14.6. The molecule has 178 valence electrons. The predicted molar refractivity (Wildman–Crippen MR) is 138 cm³/mol. The number of methoxy groups -OCH3 is 3. The monoisotopic (exact) mass is 548 g/mol. The van der Waals surface area contributed by atoms with Crippen molar-refractivity contribution >= 4 is 29.9 Å². The number of halogens is 1. The molecule has 31 heavy (non-hydrogen) atoms. The van der Waals surface area contributed by atoms with Gasteiger partial charge in [-0.1, -0.05) is 13.8 Å². The Bertz CT molecular complexity index is 660. The highest BCUT2D eigenvalue weighted by Crippen LogP contribution is 2.38. The number of benzene rings is 1. The first-order chi connectivity index (χ1) is 14.5. The zero-order valence-corrected chi connectivity index (χ0v) is 22.3. The molecule has 0 aliphatic carbocycles. The number of hydrogen-bond acceptors (Lipinski definition) is 5. The molecule has 1 saturated heterocycles. The van der Waals surface area contributed by atoms with E-state index in [0.717, 1.165) is 31.2 Å². The number of piperidine rings is 1. The SMILES string of the molecule is CCNC(=NCc1cc(OC)c(OC)c(OC)c1)NCC1CCCN(CC(C)C)C1.I. The second-order valence-electron chi connectivity index (χ2n) is 8.27. The van der Waals surface area contributed by atoms with E-state index in [9.17, 15) is 0 Å². The molecule has 1 aliphatic rings. The molecular weight excluding hydrogens is 507 g/mol. The van der Waals surface area contributed by atoms with E-state index in [-0.39, 0.29) is 24.0 Å². The van der Waals surface area contributed by atoms with Gasteiger partial charge < -0.3 is 29.7 Å². The fourth-order valence-electron chi connectivity index (χ4n) is 3.98. The number of aliphatic imine (C=N–C) groups is 1. The summed E-state index contributed by atoms with van der Waals surface area (Å²) in [4.78, 5) is 7.37. The standard InChI is InChI=1S/C23H40N4O3.HI/c1-7-24-23(25-13-18-9-8-10-27(16-18)15-17(2)3)26-14-19-11-20(28-4)22(30-6)21(12-19)29-5;/h11-12,17-18H,7-10,13-16H2,1-6H3,(H2,24,25,26);1H. The van der Waals surface area contributed by atoms with Gasteiger partial charge in [0.15, 0.2) is 17.5 Å². The molecule has 0 aromatic heterocycles. The van der Waals surface area contributed by atoms with Crippen molar-refractivity contribution < 1.29 is 14.2 Å². The summed E-state index contributed by atoms with van der Waals surface area (Å²) in [6.45, 7) is 12.5. The van der Waals surface area contributed by atoms with E-state index in [1.54, 1.807) is 21.3 Å². The van der Waals surface area contributed by atoms with Crippen LogP contribution in [0, 0.1) is 11.8 Å². The quantitative estimate of drug-likeness (QED) is 0.264. The molecule has 0 radical (unpaired) electrons. The van der Waals surface area contributed by atoms with Gasteiger partial charge in [0.05, 0.1) is 27.9 Å². The summed E-state index contributed by atoms with van der Waals surface area (Å²) in [5.41, 5.74) is 1.00. The average molecular weight is 549 g/mol. The van der Waals surface area contributed by atoms with Crippen molar-refractivity contribution in [2.45, 2.75) is 40.2 Å². The Hall–Kier alpha value is -1.42. The topological polar surface area (TPSA) is 67.4 Å². The third-order valence-electron chi connectivity index (χ3n) is 5.27. The number of nitrogens with one attached hydrogen (secondary N) is 2. The molecule has 0 bridgehead atoms. The summed E-state index contributed by atoms with van der Waals surface area (Å²) in [6.07, 6.45) is 2.55. The van der Waals surface area contributed by atoms with Gasteiger partial charge in [0.1, 0.15) is 0 Å². The summed E-state index contributed by atoms with van der Waals surface area (Å²) in [5, 5.41) is 6.89. The summed E-state index contributed by atoms with van der Waals surface area (Å²) in [7, 11) is 4.87. The fourth-order valence-corrected chi connectivity index (χ4v) is 3.98. The van der Waals surface area contributed by atoms with Crippen molar-refractivity contribution in [3.63, 3.8) is 0 Å². The zero-order valence-electron chi connectivity index (χ0n) is 20.0. The second-order valence-corrected chi connectivity index (χ2v) is 8.27. The number of rotatable bonds is 10. The molecule has 0 saturated carbocycles. The number of likely N-dealkylation sites (tertiary alicyclic amines) is 1. The number of nitrogens with zero attached hydrogens (tertiary/aromatic N) is 2. The Morgan fingerprint density at radius 3 is 2.35 bits per heavy atom. The Labute approximate surface area is 205 Å². The highest BCUT2D eigenvalue weighted by Gasteiger charge is 2.20. The lowest BCUT2D eigenvalue weighted by molar-refractivity contribution is 0.159. The minimum Gasteiger partial charge on any atom is -0.493 e. The van der Waals surface area contributed by atoms with Crippen LogP contribution in [0.5, 0.6) is 17.2 Å². The Kier molecular flexibility index (Phi) is 13.0. The maximum absolute atomic E-state index is 5.45. The third kappa shape index (κ3) is 8.92. The van der Waals surface area contributed by atoms with E-state index in [1.165, 1.54) is 25.9 Å². The van der Waals surface area contributed by atoms with Crippen LogP contribution in [0.15, 0.2) is 17.1 Å². The van der Waals surface area contributed by atoms with E-state index in [4.69, 9.17) is 19.2 Å². The van der Waals surface area contributed by atoms with Crippen LogP contribution in [0.2, 0.25) is 0 Å². The summed E-state index contributed by atoms with van der Waals surface area (Å²) in [5.74, 6) is 4.10. The summed E-state index contributed by atoms with van der Waals surface area (Å²) < 4.78 is 16.3. The normalized spacial score (nSPS) is 17.1. The molecule has 2 rings (SSSR count). The van der Waals surface area contributed by atoms with Crippen molar-refractivity contribution in [3.8, 4) is 17.2 Å². The van der Waals surface area contributed by atoms with Gasteiger partial charge in [-0.05, 0) is 55.8 Å². The van der Waals surface area contributed by atoms with Crippen LogP contribution < -0.4 is 24.8 Å². The molecule has 1 aliphatic heterocycles. The largest absolute Gasteiger partial charge is 0.493 e. The molecule has 1 fully saturated rings. The summed E-state index contributed by atoms with van der Waals surface area (Å²) in [6, 6.07) is 3.89. The van der Waals surface area contributed by atoms with Gasteiger partial charge in [0, 0.05) is 26.2 Å². The highest BCUT2D eigenvalue weighted by atomic mass is 127. The average Bonchev–Trinajstić information content (AvgIpc) is 2.74. The first kappa shape index (κ1) is 27.6. The zero-order chi connectivity index (χ0) is 21.9. The highest BCUT2D eigenvalue weighted by molar-refractivity contribution is 14.0. The van der Waals surface area contributed by atoms with Crippen molar-refractivity contribution in [2.24, 2.45) is 16.8 Å². The molecule has 0 spiro atoms. The van der Waals surface area contributed by atoms with Gasteiger partial charge >= 0.3 is 0 Å². The predicted octanol–water partition coefficient (Wildman–Crippen LogP) is 3.75. The van der Waals surface area contributed by atoms with Crippen LogP contribution in [0.4, 0.5) is 0 Å². The van der Waals surface area contributed by atoms with Crippen molar-refractivity contribution in [3.05, 3.63) is 17.7 Å². The van der Waals surface area contributed by atoms with Crippen LogP contribution in [0.25, 0.3) is 0 Å². The van der Waals surface area contributed by atoms with Gasteiger partial charge in [-0.25, -0.2) is 4.99 Å². The van der Waals surface area contributed by atoms with Gasteiger partial charge in [0.2, 0.25) is 5.75 Å². The fraction of sp³-hybridized carbons (Fsp3) is 0.696. The van der Waals surface area contributed by atoms with Crippen molar-refractivity contribution in [1.29, 1.82) is 0 Å². The van der Waals surface area contributed by atoms with Crippen LogP contribution in [-0.4, -0.2) is 64.9 Å². The molecule has 1 aromatic carbocycles. The molecule has 1 atom stereocenters. The van der Waals surface area contributed by atoms with Gasteiger partial charge in [-0.3, -0.25) is 0 Å². The smallest absolute Gasteiger partial charge is 0.203 e.